The van der Waals surface area contributed by atoms with Gasteiger partial charge in [0.15, 0.2) is 6.61 Å². The van der Waals surface area contributed by atoms with E-state index in [2.05, 4.69) is 4.98 Å². The second-order valence-corrected chi connectivity index (χ2v) is 5.81. The van der Waals surface area contributed by atoms with Gasteiger partial charge in [-0.25, -0.2) is 18.5 Å². The monoisotopic (exact) mass is 315 g/mol. The van der Waals surface area contributed by atoms with Gasteiger partial charge in [0.05, 0.1) is 4.90 Å². The van der Waals surface area contributed by atoms with Gasteiger partial charge in [-0.1, -0.05) is 11.6 Å². The first-order chi connectivity index (χ1) is 9.29. The van der Waals surface area contributed by atoms with Gasteiger partial charge >= 0.3 is 0 Å². The minimum Gasteiger partial charge on any atom is -0.481 e. The molecule has 2 aromatic rings. The Morgan fingerprint density at radius 1 is 1.30 bits per heavy atom. The Balaban J connectivity index is 2.68. The van der Waals surface area contributed by atoms with Gasteiger partial charge in [0, 0.05) is 5.39 Å². The Morgan fingerprint density at radius 3 is 2.60 bits per heavy atom. The van der Waals surface area contributed by atoms with Gasteiger partial charge in [0.1, 0.15) is 16.4 Å². The van der Waals surface area contributed by atoms with Crippen LogP contribution in [0.4, 0.5) is 0 Å². The van der Waals surface area contributed by atoms with Gasteiger partial charge in [-0.05, 0) is 24.3 Å². The fourth-order valence-electron chi connectivity index (χ4n) is 1.66. The van der Waals surface area contributed by atoms with Crippen LogP contribution in [0.1, 0.15) is 0 Å². The third kappa shape index (κ3) is 2.98. The topological polar surface area (TPSA) is 125 Å². The number of nitrogens with two attached hydrogens (primary N) is 2. The number of carbonyl (C=O) groups excluding carboxylic acids is 1. The minimum absolute atomic E-state index is 0.108. The average Bonchev–Trinajstić information content (AvgIpc) is 2.34. The first-order valence-electron chi connectivity index (χ1n) is 5.32. The van der Waals surface area contributed by atoms with E-state index in [0.29, 0.717) is 0 Å². The van der Waals surface area contributed by atoms with Crippen LogP contribution in [0.2, 0.25) is 5.15 Å². The molecule has 1 aromatic heterocycles. The Bertz CT molecular complexity index is 792. The zero-order valence-electron chi connectivity index (χ0n) is 10.0. The molecule has 2 rings (SSSR count). The van der Waals surface area contributed by atoms with E-state index in [9.17, 15) is 13.2 Å². The summed E-state index contributed by atoms with van der Waals surface area (Å²) in [5.41, 5.74) is 5.17. The molecule has 1 aromatic carbocycles. The van der Waals surface area contributed by atoms with E-state index in [1.807, 2.05) is 0 Å². The molecule has 0 spiro atoms. The van der Waals surface area contributed by atoms with E-state index in [1.54, 1.807) is 0 Å². The van der Waals surface area contributed by atoms with Crippen molar-refractivity contribution in [1.29, 1.82) is 0 Å². The van der Waals surface area contributed by atoms with E-state index in [1.165, 1.54) is 24.3 Å². The number of primary amides is 1. The first-order valence-corrected chi connectivity index (χ1v) is 7.24. The van der Waals surface area contributed by atoms with Crippen molar-refractivity contribution in [3.63, 3.8) is 0 Å². The maximum Gasteiger partial charge on any atom is 0.255 e. The number of carbonyl (C=O) groups is 1. The molecule has 106 valence electrons. The molecule has 0 unspecified atom stereocenters. The summed E-state index contributed by atoms with van der Waals surface area (Å²) in [6, 6.07) is 5.50. The summed E-state index contributed by atoms with van der Waals surface area (Å²) >= 11 is 5.78. The quantitative estimate of drug-likeness (QED) is 0.790. The number of pyridine rings is 1. The molecule has 0 aliphatic rings. The normalized spacial score (nSPS) is 11.5. The molecule has 0 saturated carbocycles. The molecule has 0 atom stereocenters. The number of hydrogen-bond donors (Lipinski definition) is 2. The number of ether oxygens (including phenoxy) is 1. The van der Waals surface area contributed by atoms with Crippen molar-refractivity contribution in [2.24, 2.45) is 10.9 Å². The Hall–Kier alpha value is -1.90. The smallest absolute Gasteiger partial charge is 0.255 e. The van der Waals surface area contributed by atoms with Gasteiger partial charge in [-0.3, -0.25) is 4.79 Å². The number of nitrogens with zero attached hydrogens (tertiary/aromatic N) is 1. The van der Waals surface area contributed by atoms with Crippen LogP contribution in [0.15, 0.2) is 29.2 Å². The molecule has 9 heteroatoms. The minimum atomic E-state index is -3.92. The van der Waals surface area contributed by atoms with E-state index in [4.69, 9.17) is 27.2 Å². The van der Waals surface area contributed by atoms with Crippen LogP contribution in [0.25, 0.3) is 10.9 Å². The fourth-order valence-corrected chi connectivity index (χ4v) is 2.53. The summed E-state index contributed by atoms with van der Waals surface area (Å²) < 4.78 is 28.2. The van der Waals surface area contributed by atoms with Crippen LogP contribution < -0.4 is 15.6 Å². The number of aromatic nitrogens is 1. The number of hydrogen-bond acceptors (Lipinski definition) is 5. The lowest BCUT2D eigenvalue weighted by Gasteiger charge is -2.10. The van der Waals surface area contributed by atoms with Crippen LogP contribution in [0.5, 0.6) is 5.75 Å². The Morgan fingerprint density at radius 2 is 2.00 bits per heavy atom. The third-order valence-corrected chi connectivity index (χ3v) is 3.60. The number of sulfonamides is 1. The van der Waals surface area contributed by atoms with Crippen LogP contribution >= 0.6 is 11.6 Å². The standard InChI is InChI=1S/C11H10ClN3O4S/c12-9-4-1-6-8(20(14,17)18)3-2-7(11(6)15-9)19-5-10(13)16/h1-4H,5H2,(H2,13,16)(H2,14,17,18). The van der Waals surface area contributed by atoms with Gasteiger partial charge in [-0.2, -0.15) is 0 Å². The van der Waals surface area contributed by atoms with Crippen molar-refractivity contribution in [3.05, 3.63) is 29.4 Å². The molecular weight excluding hydrogens is 306 g/mol. The molecule has 0 bridgehead atoms. The third-order valence-electron chi connectivity index (χ3n) is 2.42. The predicted octanol–water partition coefficient (Wildman–Crippen LogP) is 0.400. The lowest BCUT2D eigenvalue weighted by molar-refractivity contribution is -0.119. The van der Waals surface area contributed by atoms with Crippen molar-refractivity contribution < 1.29 is 17.9 Å². The molecule has 7 nitrogen and oxygen atoms in total. The van der Waals surface area contributed by atoms with E-state index >= 15 is 0 Å². The lowest BCUT2D eigenvalue weighted by atomic mass is 10.2. The molecule has 4 N–H and O–H groups in total. The van der Waals surface area contributed by atoms with Crippen molar-refractivity contribution in [1.82, 2.24) is 4.98 Å². The molecular formula is C11H10ClN3O4S. The van der Waals surface area contributed by atoms with Gasteiger partial charge < -0.3 is 10.5 Å². The first kappa shape index (κ1) is 14.5. The maximum atomic E-state index is 11.5. The number of benzene rings is 1. The highest BCUT2D eigenvalue weighted by Gasteiger charge is 2.16. The number of primary sulfonamides is 1. The molecule has 1 amide bonds. The van der Waals surface area contributed by atoms with E-state index in [-0.39, 0.29) is 33.3 Å². The van der Waals surface area contributed by atoms with E-state index in [0.717, 1.165) is 0 Å². The van der Waals surface area contributed by atoms with Crippen LogP contribution in [-0.2, 0) is 14.8 Å². The van der Waals surface area contributed by atoms with E-state index < -0.39 is 15.9 Å². The summed E-state index contributed by atoms with van der Waals surface area (Å²) in [5, 5.41) is 5.52. The largest absolute Gasteiger partial charge is 0.481 e. The van der Waals surface area contributed by atoms with Crippen molar-refractivity contribution >= 4 is 38.4 Å². The molecule has 0 aliphatic heterocycles. The highest BCUT2D eigenvalue weighted by atomic mass is 35.5. The van der Waals surface area contributed by atoms with Crippen LogP contribution in [0, 0.1) is 0 Å². The highest BCUT2D eigenvalue weighted by molar-refractivity contribution is 7.89. The second kappa shape index (κ2) is 5.23. The molecule has 0 radical (unpaired) electrons. The zero-order valence-corrected chi connectivity index (χ0v) is 11.6. The number of amides is 1. The summed E-state index contributed by atoms with van der Waals surface area (Å²) in [7, 11) is -3.92. The molecule has 1 heterocycles. The highest BCUT2D eigenvalue weighted by Crippen LogP contribution is 2.30. The Kier molecular flexibility index (Phi) is 3.80. The number of fused-ring (bicyclic) bond motifs is 1. The number of rotatable bonds is 4. The van der Waals surface area contributed by atoms with Gasteiger partial charge in [0.2, 0.25) is 10.0 Å². The van der Waals surface area contributed by atoms with Crippen molar-refractivity contribution in [2.45, 2.75) is 4.90 Å². The lowest BCUT2D eigenvalue weighted by Crippen LogP contribution is -2.20. The molecule has 0 aliphatic carbocycles. The summed E-state index contributed by atoms with van der Waals surface area (Å²) in [4.78, 5) is 14.6. The average molecular weight is 316 g/mol. The van der Waals surface area contributed by atoms with Crippen LogP contribution in [-0.4, -0.2) is 25.9 Å². The summed E-state index contributed by atoms with van der Waals surface area (Å²) in [5.74, 6) is -0.482. The summed E-state index contributed by atoms with van der Waals surface area (Å²) in [6.07, 6.45) is 0. The van der Waals surface area contributed by atoms with Crippen LogP contribution in [0.3, 0.4) is 0 Å². The van der Waals surface area contributed by atoms with Gasteiger partial charge in [0.25, 0.3) is 5.91 Å². The second-order valence-electron chi connectivity index (χ2n) is 3.89. The summed E-state index contributed by atoms with van der Waals surface area (Å²) in [6.45, 7) is -0.363. The zero-order chi connectivity index (χ0) is 14.9. The van der Waals surface area contributed by atoms with Crippen molar-refractivity contribution in [3.8, 4) is 5.75 Å². The van der Waals surface area contributed by atoms with Gasteiger partial charge in [-0.15, -0.1) is 0 Å². The Labute approximate surface area is 119 Å². The fraction of sp³-hybridized carbons (Fsp3) is 0.0909. The number of halogens is 1. The molecule has 0 fully saturated rings. The van der Waals surface area contributed by atoms with Crippen molar-refractivity contribution in [2.75, 3.05) is 6.61 Å². The maximum absolute atomic E-state index is 11.5. The molecule has 20 heavy (non-hydrogen) atoms. The molecule has 0 saturated heterocycles. The SMILES string of the molecule is NC(=O)COc1ccc(S(N)(=O)=O)c2ccc(Cl)nc12. The predicted molar refractivity (Wildman–Crippen MR) is 72.8 cm³/mol.